The molecule has 3 aromatic rings. The lowest BCUT2D eigenvalue weighted by atomic mass is 10.1. The van der Waals surface area contributed by atoms with E-state index >= 15 is 0 Å². The van der Waals surface area contributed by atoms with Crippen molar-refractivity contribution in [3.8, 4) is 11.6 Å². The Morgan fingerprint density at radius 2 is 1.78 bits per heavy atom. The molecule has 188 valence electrons. The van der Waals surface area contributed by atoms with E-state index in [1.165, 1.54) is 12.1 Å². The lowest BCUT2D eigenvalue weighted by Gasteiger charge is -2.15. The lowest BCUT2D eigenvalue weighted by Crippen LogP contribution is -2.36. The second-order valence-electron chi connectivity index (χ2n) is 8.37. The number of anilines is 1. The number of amides is 3. The van der Waals surface area contributed by atoms with Gasteiger partial charge >= 0.3 is 0 Å². The monoisotopic (exact) mass is 518 g/mol. The number of nitro groups is 1. The summed E-state index contributed by atoms with van der Waals surface area (Å²) in [5.41, 5.74) is 4.05. The molecule has 1 fully saturated rings. The van der Waals surface area contributed by atoms with Gasteiger partial charge in [0.05, 0.1) is 9.83 Å². The summed E-state index contributed by atoms with van der Waals surface area (Å²) in [5, 5.41) is 13.0. The zero-order chi connectivity index (χ0) is 26.7. The standard InChI is InChI=1S/C26H22N4O6S/c1-15-10-16(2)24(17(3)11-15)28-22(31)14-29-25(32)21(37-26(29)33)12-18-4-7-20(8-5-18)36-23-9-6-19(13-27-23)30(34)35/h4-13H,14H2,1-3H3,(H,28,31)/b21-12-. The first kappa shape index (κ1) is 25.6. The van der Waals surface area contributed by atoms with Crippen LogP contribution in [0.3, 0.4) is 0 Å². The quantitative estimate of drug-likeness (QED) is 0.250. The Morgan fingerprint density at radius 3 is 2.38 bits per heavy atom. The van der Waals surface area contributed by atoms with Gasteiger partial charge in [0, 0.05) is 17.8 Å². The summed E-state index contributed by atoms with van der Waals surface area (Å²) in [6, 6.07) is 13.2. The molecule has 0 unspecified atom stereocenters. The maximum atomic E-state index is 12.8. The minimum atomic E-state index is -0.550. The number of nitrogens with zero attached hydrogens (tertiary/aromatic N) is 3. The molecule has 2 aromatic carbocycles. The summed E-state index contributed by atoms with van der Waals surface area (Å²) in [5.74, 6) is -0.378. The number of aryl methyl sites for hydroxylation is 3. The number of ether oxygens (including phenoxy) is 1. The fourth-order valence-electron chi connectivity index (χ4n) is 3.78. The van der Waals surface area contributed by atoms with Crippen molar-refractivity contribution in [3.63, 3.8) is 0 Å². The van der Waals surface area contributed by atoms with Crippen LogP contribution in [-0.2, 0) is 9.59 Å². The molecule has 1 aliphatic rings. The van der Waals surface area contributed by atoms with Gasteiger partial charge in [-0.3, -0.25) is 29.4 Å². The average Bonchev–Trinajstić information content (AvgIpc) is 3.10. The number of hydrogen-bond acceptors (Lipinski definition) is 8. The third kappa shape index (κ3) is 6.01. The molecule has 0 atom stereocenters. The minimum Gasteiger partial charge on any atom is -0.439 e. The number of pyridine rings is 1. The summed E-state index contributed by atoms with van der Waals surface area (Å²) in [4.78, 5) is 53.1. The van der Waals surface area contributed by atoms with E-state index in [1.54, 1.807) is 30.3 Å². The van der Waals surface area contributed by atoms with Gasteiger partial charge in [-0.05, 0) is 67.4 Å². The van der Waals surface area contributed by atoms with Crippen LogP contribution in [0.1, 0.15) is 22.3 Å². The van der Waals surface area contributed by atoms with E-state index in [4.69, 9.17) is 4.74 Å². The predicted octanol–water partition coefficient (Wildman–Crippen LogP) is 5.38. The highest BCUT2D eigenvalue weighted by Gasteiger charge is 2.36. The average molecular weight is 519 g/mol. The molecule has 11 heteroatoms. The molecule has 0 bridgehead atoms. The van der Waals surface area contributed by atoms with Crippen LogP contribution in [-0.4, -0.2) is 38.4 Å². The fourth-order valence-corrected chi connectivity index (χ4v) is 4.62. The number of carbonyl (C=O) groups excluding carboxylic acids is 3. The number of aromatic nitrogens is 1. The molecule has 0 saturated carbocycles. The molecule has 10 nitrogen and oxygen atoms in total. The van der Waals surface area contributed by atoms with Crippen molar-refractivity contribution in [2.45, 2.75) is 20.8 Å². The van der Waals surface area contributed by atoms with Crippen LogP contribution in [0.2, 0.25) is 0 Å². The Kier molecular flexibility index (Phi) is 7.35. The van der Waals surface area contributed by atoms with E-state index < -0.39 is 22.0 Å². The van der Waals surface area contributed by atoms with Crippen molar-refractivity contribution in [1.29, 1.82) is 0 Å². The highest BCUT2D eigenvalue weighted by molar-refractivity contribution is 8.18. The number of nitrogens with one attached hydrogen (secondary N) is 1. The van der Waals surface area contributed by atoms with Crippen LogP contribution in [0.25, 0.3) is 6.08 Å². The van der Waals surface area contributed by atoms with Gasteiger partial charge in [0.25, 0.3) is 16.8 Å². The maximum absolute atomic E-state index is 12.8. The van der Waals surface area contributed by atoms with Crippen molar-refractivity contribution in [2.75, 3.05) is 11.9 Å². The fraction of sp³-hybridized carbons (Fsp3) is 0.154. The van der Waals surface area contributed by atoms with E-state index in [-0.39, 0.29) is 23.0 Å². The maximum Gasteiger partial charge on any atom is 0.294 e. The zero-order valence-electron chi connectivity index (χ0n) is 20.2. The second-order valence-corrected chi connectivity index (χ2v) is 9.37. The van der Waals surface area contributed by atoms with Crippen LogP contribution in [0.5, 0.6) is 11.6 Å². The van der Waals surface area contributed by atoms with Crippen LogP contribution in [0.4, 0.5) is 16.2 Å². The van der Waals surface area contributed by atoms with E-state index in [2.05, 4.69) is 10.3 Å². The number of benzene rings is 2. The van der Waals surface area contributed by atoms with Gasteiger partial charge in [-0.1, -0.05) is 29.8 Å². The molecule has 0 spiro atoms. The van der Waals surface area contributed by atoms with E-state index in [9.17, 15) is 24.5 Å². The van der Waals surface area contributed by atoms with Gasteiger partial charge < -0.3 is 10.1 Å². The van der Waals surface area contributed by atoms with Crippen molar-refractivity contribution in [2.24, 2.45) is 0 Å². The first-order valence-corrected chi connectivity index (χ1v) is 11.9. The van der Waals surface area contributed by atoms with Crippen molar-refractivity contribution < 1.29 is 24.0 Å². The number of carbonyl (C=O) groups is 3. The summed E-state index contributed by atoms with van der Waals surface area (Å²) < 4.78 is 5.58. The molecule has 0 radical (unpaired) electrons. The SMILES string of the molecule is Cc1cc(C)c(NC(=O)CN2C(=O)S/C(=C\c3ccc(Oc4ccc([N+](=O)[O-])cn4)cc3)C2=O)c(C)c1. The highest BCUT2D eigenvalue weighted by Crippen LogP contribution is 2.33. The normalized spacial score (nSPS) is 14.2. The van der Waals surface area contributed by atoms with E-state index in [0.29, 0.717) is 17.0 Å². The Bertz CT molecular complexity index is 1410. The molecule has 1 aromatic heterocycles. The van der Waals surface area contributed by atoms with Gasteiger partial charge in [0.15, 0.2) is 0 Å². The molecule has 3 amide bonds. The molecule has 1 saturated heterocycles. The van der Waals surface area contributed by atoms with Crippen molar-refractivity contribution in [3.05, 3.63) is 92.0 Å². The van der Waals surface area contributed by atoms with Crippen molar-refractivity contribution in [1.82, 2.24) is 9.88 Å². The summed E-state index contributed by atoms with van der Waals surface area (Å²) in [6.07, 6.45) is 2.66. The Hall–Kier alpha value is -4.51. The van der Waals surface area contributed by atoms with Gasteiger partial charge in [0.2, 0.25) is 11.8 Å². The Balaban J connectivity index is 1.40. The van der Waals surface area contributed by atoms with Gasteiger partial charge in [-0.15, -0.1) is 0 Å². The molecule has 1 N–H and O–H groups in total. The first-order chi connectivity index (χ1) is 17.6. The van der Waals surface area contributed by atoms with E-state index in [0.717, 1.165) is 39.5 Å². The van der Waals surface area contributed by atoms with Crippen LogP contribution >= 0.6 is 11.8 Å². The van der Waals surface area contributed by atoms with Crippen molar-refractivity contribution >= 4 is 46.3 Å². The van der Waals surface area contributed by atoms with Crippen LogP contribution < -0.4 is 10.1 Å². The molecular weight excluding hydrogens is 496 g/mol. The highest BCUT2D eigenvalue weighted by atomic mass is 32.2. The van der Waals surface area contributed by atoms with Crippen LogP contribution in [0, 0.1) is 30.9 Å². The third-order valence-electron chi connectivity index (χ3n) is 5.45. The van der Waals surface area contributed by atoms with Gasteiger partial charge in [-0.25, -0.2) is 4.98 Å². The smallest absolute Gasteiger partial charge is 0.294 e. The Morgan fingerprint density at radius 1 is 1.11 bits per heavy atom. The lowest BCUT2D eigenvalue weighted by molar-refractivity contribution is -0.385. The summed E-state index contributed by atoms with van der Waals surface area (Å²) in [6.45, 7) is 5.35. The molecule has 4 rings (SSSR count). The minimum absolute atomic E-state index is 0.144. The first-order valence-electron chi connectivity index (χ1n) is 11.1. The zero-order valence-corrected chi connectivity index (χ0v) is 21.0. The molecule has 37 heavy (non-hydrogen) atoms. The molecular formula is C26H22N4O6S. The molecule has 1 aliphatic heterocycles. The third-order valence-corrected chi connectivity index (χ3v) is 6.36. The number of rotatable bonds is 7. The number of thioether (sulfide) groups is 1. The molecule has 0 aliphatic carbocycles. The largest absolute Gasteiger partial charge is 0.439 e. The topological polar surface area (TPSA) is 132 Å². The number of imide groups is 1. The second kappa shape index (κ2) is 10.6. The van der Waals surface area contributed by atoms with Gasteiger partial charge in [0.1, 0.15) is 18.5 Å². The predicted molar refractivity (Wildman–Crippen MR) is 139 cm³/mol. The van der Waals surface area contributed by atoms with Crippen LogP contribution in [0.15, 0.2) is 59.6 Å². The molecule has 2 heterocycles. The summed E-state index contributed by atoms with van der Waals surface area (Å²) >= 11 is 0.766. The Labute approximate surface area is 216 Å². The number of hydrogen-bond donors (Lipinski definition) is 1. The van der Waals surface area contributed by atoms with E-state index in [1.807, 2.05) is 32.9 Å². The van der Waals surface area contributed by atoms with Gasteiger partial charge in [-0.2, -0.15) is 0 Å². The summed E-state index contributed by atoms with van der Waals surface area (Å²) in [7, 11) is 0.